The molecule has 1 amide bonds. The predicted molar refractivity (Wildman–Crippen MR) is 39.8 cm³/mol. The van der Waals surface area contributed by atoms with Crippen molar-refractivity contribution < 1.29 is 9.53 Å². The highest BCUT2D eigenvalue weighted by molar-refractivity contribution is 5.77. The molecule has 1 fully saturated rings. The van der Waals surface area contributed by atoms with Gasteiger partial charge in [0, 0.05) is 13.1 Å². The fraction of sp³-hybridized carbons (Fsp3) is 0.833. The van der Waals surface area contributed by atoms with Crippen molar-refractivity contribution in [1.29, 1.82) is 0 Å². The van der Waals surface area contributed by atoms with E-state index in [0.29, 0.717) is 13.2 Å². The Morgan fingerprint density at radius 2 is 2.64 bits per heavy atom. The fourth-order valence-electron chi connectivity index (χ4n) is 0.897. The van der Waals surface area contributed by atoms with E-state index >= 15 is 0 Å². The molecule has 1 unspecified atom stereocenters. The van der Waals surface area contributed by atoms with E-state index < -0.39 is 0 Å². The normalized spacial score (nSPS) is 24.6. The van der Waals surface area contributed by atoms with E-state index in [1.54, 1.807) is 0 Å². The Labute approximate surface area is 65.3 Å². The molecule has 5 nitrogen and oxygen atoms in total. The van der Waals surface area contributed by atoms with Gasteiger partial charge >= 0.3 is 0 Å². The van der Waals surface area contributed by atoms with Gasteiger partial charge in [0.15, 0.2) is 0 Å². The zero-order chi connectivity index (χ0) is 8.10. The third-order valence-electron chi connectivity index (χ3n) is 1.43. The molecule has 1 heterocycles. The molecule has 0 aromatic heterocycles. The molecule has 0 aromatic carbocycles. The third-order valence-corrected chi connectivity index (χ3v) is 1.43. The Balaban J connectivity index is 2.19. The van der Waals surface area contributed by atoms with E-state index in [1.165, 1.54) is 0 Å². The first-order valence-corrected chi connectivity index (χ1v) is 3.64. The Bertz CT molecular complexity index is 134. The molecular weight excluding hydrogens is 146 g/mol. The second-order valence-corrected chi connectivity index (χ2v) is 2.34. The highest BCUT2D eigenvalue weighted by Gasteiger charge is 2.13. The van der Waals surface area contributed by atoms with Crippen LogP contribution in [0.5, 0.6) is 0 Å². The van der Waals surface area contributed by atoms with Crippen molar-refractivity contribution >= 4 is 5.91 Å². The molecule has 1 rings (SSSR count). The summed E-state index contributed by atoms with van der Waals surface area (Å²) in [5.74, 6) is -0.182. The monoisotopic (exact) mass is 159 g/mol. The number of nitrogens with one attached hydrogen (secondary N) is 2. The lowest BCUT2D eigenvalue weighted by Gasteiger charge is -2.23. The second kappa shape index (κ2) is 4.27. The van der Waals surface area contributed by atoms with Gasteiger partial charge in [-0.2, -0.15) is 0 Å². The molecule has 1 aliphatic heterocycles. The van der Waals surface area contributed by atoms with Gasteiger partial charge in [0.25, 0.3) is 0 Å². The van der Waals surface area contributed by atoms with Crippen LogP contribution in [0.2, 0.25) is 0 Å². The lowest BCUT2D eigenvalue weighted by Crippen LogP contribution is -2.50. The van der Waals surface area contributed by atoms with Crippen molar-refractivity contribution in [3.8, 4) is 0 Å². The quantitative estimate of drug-likeness (QED) is 0.436. The second-order valence-electron chi connectivity index (χ2n) is 2.34. The van der Waals surface area contributed by atoms with E-state index in [4.69, 9.17) is 10.5 Å². The molecule has 4 N–H and O–H groups in total. The standard InChI is InChI=1S/C6H13N3O2/c7-3-5(10)9-6-4-8-1-2-11-6/h6,8H,1-4,7H2,(H,9,10). The van der Waals surface area contributed by atoms with Crippen LogP contribution < -0.4 is 16.4 Å². The molecule has 0 radical (unpaired) electrons. The van der Waals surface area contributed by atoms with Crippen LogP contribution in [0.25, 0.3) is 0 Å². The average Bonchev–Trinajstić information content (AvgIpc) is 2.06. The SMILES string of the molecule is NCC(=O)NC1CNCCO1. The summed E-state index contributed by atoms with van der Waals surface area (Å²) in [6.07, 6.45) is -0.209. The van der Waals surface area contributed by atoms with Crippen LogP contribution in [-0.2, 0) is 9.53 Å². The van der Waals surface area contributed by atoms with E-state index in [1.807, 2.05) is 0 Å². The minimum absolute atomic E-state index is 0.0137. The Kier molecular flexibility index (Phi) is 3.28. The highest BCUT2D eigenvalue weighted by atomic mass is 16.5. The maximum absolute atomic E-state index is 10.7. The number of nitrogens with two attached hydrogens (primary N) is 1. The molecule has 0 bridgehead atoms. The summed E-state index contributed by atoms with van der Waals surface area (Å²) in [7, 11) is 0. The first-order valence-electron chi connectivity index (χ1n) is 3.64. The fourth-order valence-corrected chi connectivity index (χ4v) is 0.897. The summed E-state index contributed by atoms with van der Waals surface area (Å²) in [5.41, 5.74) is 5.10. The molecule has 1 saturated heterocycles. The van der Waals surface area contributed by atoms with Gasteiger partial charge in [-0.15, -0.1) is 0 Å². The molecule has 1 aliphatic rings. The lowest BCUT2D eigenvalue weighted by atomic mass is 10.4. The number of hydrogen-bond acceptors (Lipinski definition) is 4. The number of morpholine rings is 1. The molecule has 0 saturated carbocycles. The van der Waals surface area contributed by atoms with E-state index in [0.717, 1.165) is 6.54 Å². The van der Waals surface area contributed by atoms with Crippen LogP contribution in [0, 0.1) is 0 Å². The summed E-state index contributed by atoms with van der Waals surface area (Å²) in [6, 6.07) is 0. The Hall–Kier alpha value is -0.650. The Morgan fingerprint density at radius 3 is 3.18 bits per heavy atom. The van der Waals surface area contributed by atoms with Crippen molar-refractivity contribution in [3.05, 3.63) is 0 Å². The first-order chi connectivity index (χ1) is 5.33. The molecular formula is C6H13N3O2. The first kappa shape index (κ1) is 8.45. The molecule has 1 atom stereocenters. The minimum Gasteiger partial charge on any atom is -0.356 e. The van der Waals surface area contributed by atoms with Crippen molar-refractivity contribution in [2.75, 3.05) is 26.2 Å². The molecule has 0 aromatic rings. The van der Waals surface area contributed by atoms with Gasteiger partial charge in [0.1, 0.15) is 6.23 Å². The van der Waals surface area contributed by atoms with Gasteiger partial charge in [0.05, 0.1) is 13.2 Å². The summed E-state index contributed by atoms with van der Waals surface area (Å²) in [4.78, 5) is 10.7. The Morgan fingerprint density at radius 1 is 1.82 bits per heavy atom. The van der Waals surface area contributed by atoms with Crippen molar-refractivity contribution in [3.63, 3.8) is 0 Å². The lowest BCUT2D eigenvalue weighted by molar-refractivity contribution is -0.124. The number of amides is 1. The highest BCUT2D eigenvalue weighted by Crippen LogP contribution is 1.90. The van der Waals surface area contributed by atoms with Crippen LogP contribution in [0.4, 0.5) is 0 Å². The summed E-state index contributed by atoms with van der Waals surface area (Å²) in [5, 5.41) is 5.70. The molecule has 11 heavy (non-hydrogen) atoms. The van der Waals surface area contributed by atoms with Crippen LogP contribution in [0.1, 0.15) is 0 Å². The summed E-state index contributed by atoms with van der Waals surface area (Å²) in [6.45, 7) is 2.15. The van der Waals surface area contributed by atoms with E-state index in [-0.39, 0.29) is 18.7 Å². The van der Waals surface area contributed by atoms with Crippen LogP contribution >= 0.6 is 0 Å². The number of rotatable bonds is 2. The van der Waals surface area contributed by atoms with E-state index in [9.17, 15) is 4.79 Å². The zero-order valence-corrected chi connectivity index (χ0v) is 6.30. The van der Waals surface area contributed by atoms with Gasteiger partial charge in [-0.25, -0.2) is 0 Å². The largest absolute Gasteiger partial charge is 0.356 e. The smallest absolute Gasteiger partial charge is 0.235 e. The van der Waals surface area contributed by atoms with Crippen LogP contribution in [0.15, 0.2) is 0 Å². The molecule has 64 valence electrons. The van der Waals surface area contributed by atoms with Crippen LogP contribution in [0.3, 0.4) is 0 Å². The number of carbonyl (C=O) groups is 1. The third kappa shape index (κ3) is 2.83. The van der Waals surface area contributed by atoms with Gasteiger partial charge in [-0.05, 0) is 0 Å². The molecule has 0 spiro atoms. The minimum atomic E-state index is -0.209. The summed E-state index contributed by atoms with van der Waals surface area (Å²) < 4.78 is 5.20. The van der Waals surface area contributed by atoms with E-state index in [2.05, 4.69) is 10.6 Å². The maximum atomic E-state index is 10.7. The summed E-state index contributed by atoms with van der Waals surface area (Å²) >= 11 is 0. The average molecular weight is 159 g/mol. The van der Waals surface area contributed by atoms with Gasteiger partial charge in [-0.3, -0.25) is 4.79 Å². The van der Waals surface area contributed by atoms with Crippen molar-refractivity contribution in [2.45, 2.75) is 6.23 Å². The predicted octanol–water partition coefficient (Wildman–Crippen LogP) is -1.99. The molecule has 5 heteroatoms. The maximum Gasteiger partial charge on any atom is 0.235 e. The topological polar surface area (TPSA) is 76.4 Å². The number of ether oxygens (including phenoxy) is 1. The number of hydrogen-bond donors (Lipinski definition) is 3. The van der Waals surface area contributed by atoms with Crippen molar-refractivity contribution in [1.82, 2.24) is 10.6 Å². The number of carbonyl (C=O) groups excluding carboxylic acids is 1. The molecule has 0 aliphatic carbocycles. The van der Waals surface area contributed by atoms with Crippen LogP contribution in [-0.4, -0.2) is 38.4 Å². The van der Waals surface area contributed by atoms with Gasteiger partial charge in [-0.1, -0.05) is 0 Å². The van der Waals surface area contributed by atoms with Gasteiger partial charge in [0.2, 0.25) is 5.91 Å². The van der Waals surface area contributed by atoms with Crippen molar-refractivity contribution in [2.24, 2.45) is 5.73 Å². The zero-order valence-electron chi connectivity index (χ0n) is 6.30. The van der Waals surface area contributed by atoms with Gasteiger partial charge < -0.3 is 21.1 Å².